The average Bonchev–Trinajstić information content (AvgIpc) is 2.71. The molecular weight excluding hydrogens is 381 g/mol. The fraction of sp³-hybridized carbons (Fsp3) is 0. The molecule has 0 amide bonds. The Labute approximate surface area is 170 Å². The quantitative estimate of drug-likeness (QED) is 0.491. The van der Waals surface area contributed by atoms with E-state index in [-0.39, 0.29) is 51.7 Å². The van der Waals surface area contributed by atoms with Crippen molar-refractivity contribution in [1.82, 2.24) is 0 Å². The van der Waals surface area contributed by atoms with Crippen molar-refractivity contribution in [3.63, 3.8) is 0 Å². The van der Waals surface area contributed by atoms with Gasteiger partial charge in [-0.25, -0.2) is 0 Å². The molecule has 3 rings (SSSR count). The summed E-state index contributed by atoms with van der Waals surface area (Å²) in [6.45, 7) is 0. The maximum atomic E-state index is 10.4. The predicted octanol–water partition coefficient (Wildman–Crippen LogP) is 3.09. The molecule has 0 aromatic heterocycles. The SMILES string of the molecule is O=Nc1ccc([O-])cc1.O=Nc1ccc([O-])cc1.O=Nc1ccc([O-])cc1.[Al+3]. The Kier molecular flexibility index (Phi) is 11.8. The Morgan fingerprint density at radius 2 is 0.607 bits per heavy atom. The van der Waals surface area contributed by atoms with Crippen molar-refractivity contribution in [3.05, 3.63) is 87.5 Å². The number of benzene rings is 3. The zero-order valence-corrected chi connectivity index (χ0v) is 15.5. The van der Waals surface area contributed by atoms with Crippen LogP contribution in [0.25, 0.3) is 0 Å². The van der Waals surface area contributed by atoms with Crippen molar-refractivity contribution in [2.75, 3.05) is 0 Å². The molecule has 3 aromatic carbocycles. The van der Waals surface area contributed by atoms with Gasteiger partial charge in [-0.3, -0.25) is 0 Å². The third-order valence-corrected chi connectivity index (χ3v) is 2.83. The fourth-order valence-electron chi connectivity index (χ4n) is 1.52. The molecule has 28 heavy (non-hydrogen) atoms. The van der Waals surface area contributed by atoms with Crippen LogP contribution >= 0.6 is 0 Å². The Balaban J connectivity index is 0.000000384. The molecular formula is C18H12AlN3O6. The molecule has 0 fully saturated rings. The second-order valence-corrected chi connectivity index (χ2v) is 4.76. The molecule has 0 N–H and O–H groups in total. The summed E-state index contributed by atoms with van der Waals surface area (Å²) in [5, 5.41) is 39.0. The molecule has 0 spiro atoms. The van der Waals surface area contributed by atoms with E-state index in [0.717, 1.165) is 0 Å². The number of hydrogen-bond donors (Lipinski definition) is 0. The van der Waals surface area contributed by atoms with Gasteiger partial charge in [0.15, 0.2) is 0 Å². The molecule has 0 heterocycles. The van der Waals surface area contributed by atoms with Crippen LogP contribution in [-0.4, -0.2) is 17.4 Å². The van der Waals surface area contributed by atoms with Crippen molar-refractivity contribution in [2.45, 2.75) is 0 Å². The van der Waals surface area contributed by atoms with Gasteiger partial charge < -0.3 is 15.3 Å². The van der Waals surface area contributed by atoms with Gasteiger partial charge in [0.25, 0.3) is 0 Å². The van der Waals surface area contributed by atoms with Crippen LogP contribution in [-0.2, 0) is 0 Å². The molecule has 0 unspecified atom stereocenters. The topological polar surface area (TPSA) is 157 Å². The van der Waals surface area contributed by atoms with Gasteiger partial charge in [-0.15, -0.1) is 32.0 Å². The minimum Gasteiger partial charge on any atom is -0.872 e. The summed E-state index contributed by atoms with van der Waals surface area (Å²) in [7, 11) is 0. The Morgan fingerprint density at radius 3 is 0.750 bits per heavy atom. The van der Waals surface area contributed by atoms with Crippen molar-refractivity contribution in [2.24, 2.45) is 15.5 Å². The molecule has 0 aliphatic heterocycles. The smallest absolute Gasteiger partial charge is 0.872 e. The Bertz CT molecular complexity index is 738. The molecule has 0 aliphatic rings. The second kappa shape index (κ2) is 13.6. The molecule has 0 radical (unpaired) electrons. The summed E-state index contributed by atoms with van der Waals surface area (Å²) in [4.78, 5) is 29.3. The van der Waals surface area contributed by atoms with E-state index in [9.17, 15) is 30.0 Å². The predicted molar refractivity (Wildman–Crippen MR) is 99.8 cm³/mol. The van der Waals surface area contributed by atoms with E-state index in [1.54, 1.807) is 0 Å². The molecule has 0 aliphatic carbocycles. The first-order valence-electron chi connectivity index (χ1n) is 7.30. The van der Waals surface area contributed by atoms with Crippen LogP contribution in [0, 0.1) is 14.7 Å². The van der Waals surface area contributed by atoms with Crippen molar-refractivity contribution in [3.8, 4) is 17.2 Å². The van der Waals surface area contributed by atoms with Gasteiger partial charge in [0, 0.05) is 0 Å². The largest absolute Gasteiger partial charge is 3.00 e. The molecule has 0 saturated heterocycles. The van der Waals surface area contributed by atoms with Gasteiger partial charge in [-0.2, -0.15) is 0 Å². The minimum absolute atomic E-state index is 0. The Morgan fingerprint density at radius 1 is 0.429 bits per heavy atom. The summed E-state index contributed by atoms with van der Waals surface area (Å²) >= 11 is 0. The summed E-state index contributed by atoms with van der Waals surface area (Å²) in [5.74, 6) is -0.327. The maximum absolute atomic E-state index is 10.4. The standard InChI is InChI=1S/3C6H5NO2.Al/c3*8-6-3-1-5(7-9)2-4-6;/h3*1-4,8H;/q;;;+3/p-3. The van der Waals surface area contributed by atoms with Gasteiger partial charge in [-0.05, 0) is 51.9 Å². The number of rotatable bonds is 3. The third-order valence-electron chi connectivity index (χ3n) is 2.83. The minimum atomic E-state index is -0.109. The molecule has 138 valence electrons. The van der Waals surface area contributed by atoms with Crippen molar-refractivity contribution in [1.29, 1.82) is 0 Å². The molecule has 9 nitrogen and oxygen atoms in total. The maximum Gasteiger partial charge on any atom is 3.00 e. The number of nitroso groups, excluding NO2 is 3. The second-order valence-electron chi connectivity index (χ2n) is 4.76. The van der Waals surface area contributed by atoms with Gasteiger partial charge in [0.05, 0.1) is 0 Å². The zero-order chi connectivity index (χ0) is 20.1. The molecule has 10 heteroatoms. The van der Waals surface area contributed by atoms with E-state index >= 15 is 0 Å². The van der Waals surface area contributed by atoms with E-state index in [2.05, 4.69) is 15.5 Å². The van der Waals surface area contributed by atoms with E-state index in [1.807, 2.05) is 0 Å². The summed E-state index contributed by atoms with van der Waals surface area (Å²) in [6.07, 6.45) is 0. The van der Waals surface area contributed by atoms with Gasteiger partial charge in [0.1, 0.15) is 17.1 Å². The average molecular weight is 393 g/mol. The van der Waals surface area contributed by atoms with Crippen LogP contribution in [0.3, 0.4) is 0 Å². The fourth-order valence-corrected chi connectivity index (χ4v) is 1.52. The number of nitrogens with zero attached hydrogens (tertiary/aromatic N) is 3. The van der Waals surface area contributed by atoms with E-state index in [0.29, 0.717) is 0 Å². The van der Waals surface area contributed by atoms with Gasteiger partial charge in [-0.1, -0.05) is 36.4 Å². The first-order chi connectivity index (χ1) is 13.0. The van der Waals surface area contributed by atoms with Crippen LogP contribution in [0.15, 0.2) is 88.3 Å². The number of hydrogen-bond acceptors (Lipinski definition) is 9. The Hall–Kier alpha value is -3.61. The van der Waals surface area contributed by atoms with Crippen molar-refractivity contribution >= 4 is 34.4 Å². The van der Waals surface area contributed by atoms with Crippen molar-refractivity contribution < 1.29 is 15.3 Å². The molecule has 0 saturated carbocycles. The monoisotopic (exact) mass is 393 g/mol. The van der Waals surface area contributed by atoms with E-state index in [1.165, 1.54) is 72.8 Å². The zero-order valence-electron chi connectivity index (χ0n) is 14.3. The first-order valence-corrected chi connectivity index (χ1v) is 7.30. The van der Waals surface area contributed by atoms with Crippen LogP contribution in [0.5, 0.6) is 17.2 Å². The van der Waals surface area contributed by atoms with Crippen LogP contribution in [0.1, 0.15) is 0 Å². The van der Waals surface area contributed by atoms with Gasteiger partial charge in [0.2, 0.25) is 0 Å². The summed E-state index contributed by atoms with van der Waals surface area (Å²) in [5.41, 5.74) is 0.860. The summed E-state index contributed by atoms with van der Waals surface area (Å²) < 4.78 is 0. The molecule has 3 aromatic rings. The molecule has 0 bridgehead atoms. The van der Waals surface area contributed by atoms with Crippen LogP contribution in [0.4, 0.5) is 17.1 Å². The normalized spacial score (nSPS) is 8.57. The van der Waals surface area contributed by atoms with Crippen LogP contribution in [0.2, 0.25) is 0 Å². The summed E-state index contributed by atoms with van der Waals surface area (Å²) in [6, 6.07) is 16.1. The molecule has 0 atom stereocenters. The van der Waals surface area contributed by atoms with Crippen LogP contribution < -0.4 is 15.3 Å². The van der Waals surface area contributed by atoms with E-state index in [4.69, 9.17) is 0 Å². The van der Waals surface area contributed by atoms with Gasteiger partial charge >= 0.3 is 17.4 Å². The third kappa shape index (κ3) is 9.77. The first kappa shape index (κ1) is 24.4. The van der Waals surface area contributed by atoms with E-state index < -0.39 is 0 Å².